The molecule has 33 heavy (non-hydrogen) atoms. The van der Waals surface area contributed by atoms with Gasteiger partial charge in [0.2, 0.25) is 0 Å². The molecule has 2 aromatic heterocycles. The highest BCUT2D eigenvalue weighted by atomic mass is 19.4. The van der Waals surface area contributed by atoms with Crippen molar-refractivity contribution in [1.82, 2.24) is 20.6 Å². The minimum Gasteiger partial charge on any atom is -0.491 e. The molecular formula is C23H19F3N4O3. The fraction of sp³-hybridized carbons (Fsp3) is 0.217. The quantitative estimate of drug-likeness (QED) is 0.615. The Balaban J connectivity index is 1.42. The molecular weight excluding hydrogens is 437 g/mol. The Labute approximate surface area is 187 Å². The average Bonchev–Trinajstić information content (AvgIpc) is 2.82. The normalized spacial score (nSPS) is 15.2. The first-order valence-electron chi connectivity index (χ1n) is 10.1. The number of pyridine rings is 2. The maximum absolute atomic E-state index is 12.7. The molecule has 3 heterocycles. The summed E-state index contributed by atoms with van der Waals surface area (Å²) in [6, 6.07) is 11.8. The summed E-state index contributed by atoms with van der Waals surface area (Å²) < 4.78 is 42.6. The minimum absolute atomic E-state index is 0.176. The third kappa shape index (κ3) is 5.46. The van der Waals surface area contributed by atoms with Crippen LogP contribution >= 0.6 is 0 Å². The summed E-state index contributed by atoms with van der Waals surface area (Å²) in [6.45, 7) is -1.18. The number of amides is 2. The van der Waals surface area contributed by atoms with Crippen LogP contribution in [0.3, 0.4) is 0 Å². The summed E-state index contributed by atoms with van der Waals surface area (Å²) >= 11 is 0. The fourth-order valence-corrected chi connectivity index (χ4v) is 3.50. The molecule has 10 heteroatoms. The molecule has 1 atom stereocenters. The largest absolute Gasteiger partial charge is 0.491 e. The van der Waals surface area contributed by atoms with Crippen LogP contribution in [0.15, 0.2) is 61.1 Å². The second-order valence-electron chi connectivity index (χ2n) is 7.43. The number of benzene rings is 1. The van der Waals surface area contributed by atoms with Crippen LogP contribution in [-0.2, 0) is 6.42 Å². The Bertz CT molecular complexity index is 1150. The lowest BCUT2D eigenvalue weighted by molar-refractivity contribution is -0.123. The van der Waals surface area contributed by atoms with Gasteiger partial charge in [0, 0.05) is 30.6 Å². The Morgan fingerprint density at radius 3 is 2.55 bits per heavy atom. The van der Waals surface area contributed by atoms with Gasteiger partial charge in [-0.25, -0.2) is 0 Å². The third-order valence-corrected chi connectivity index (χ3v) is 5.06. The molecule has 0 bridgehead atoms. The number of nitrogens with zero attached hydrogens (tertiary/aromatic N) is 2. The van der Waals surface area contributed by atoms with Crippen LogP contribution < -0.4 is 15.4 Å². The lowest BCUT2D eigenvalue weighted by Crippen LogP contribution is -2.43. The van der Waals surface area contributed by atoms with Crippen LogP contribution in [0.25, 0.3) is 11.1 Å². The van der Waals surface area contributed by atoms with Gasteiger partial charge in [0.25, 0.3) is 11.8 Å². The molecule has 1 aliphatic heterocycles. The monoisotopic (exact) mass is 456 g/mol. The molecule has 1 aliphatic rings. The van der Waals surface area contributed by atoms with Crippen molar-refractivity contribution in [2.75, 3.05) is 13.2 Å². The van der Waals surface area contributed by atoms with Crippen LogP contribution in [-0.4, -0.2) is 47.2 Å². The number of nitrogens with one attached hydrogen (secondary N) is 2. The second kappa shape index (κ2) is 9.27. The average molecular weight is 456 g/mol. The molecule has 0 saturated heterocycles. The number of carbonyl (C=O) groups is 2. The van der Waals surface area contributed by atoms with E-state index in [0.29, 0.717) is 6.42 Å². The maximum atomic E-state index is 12.7. The zero-order chi connectivity index (χ0) is 23.4. The van der Waals surface area contributed by atoms with Crippen molar-refractivity contribution in [3.8, 4) is 16.9 Å². The van der Waals surface area contributed by atoms with Crippen molar-refractivity contribution in [2.24, 2.45) is 0 Å². The van der Waals surface area contributed by atoms with E-state index in [2.05, 4.69) is 15.3 Å². The molecule has 0 unspecified atom stereocenters. The van der Waals surface area contributed by atoms with Gasteiger partial charge in [-0.15, -0.1) is 0 Å². The van der Waals surface area contributed by atoms with E-state index in [0.717, 1.165) is 28.6 Å². The second-order valence-corrected chi connectivity index (χ2v) is 7.43. The number of hydrogen-bond acceptors (Lipinski definition) is 5. The van der Waals surface area contributed by atoms with E-state index in [1.165, 1.54) is 12.1 Å². The van der Waals surface area contributed by atoms with Crippen LogP contribution in [0.5, 0.6) is 5.75 Å². The summed E-state index contributed by atoms with van der Waals surface area (Å²) in [5.41, 5.74) is 2.91. The smallest absolute Gasteiger partial charge is 0.405 e. The van der Waals surface area contributed by atoms with Crippen molar-refractivity contribution < 1.29 is 27.5 Å². The summed E-state index contributed by atoms with van der Waals surface area (Å²) in [5.74, 6) is -0.644. The maximum Gasteiger partial charge on any atom is 0.405 e. The SMILES string of the molecule is O=C(N[C@@H]1COc2cccc(-c3ccncc3)c2C1)c1ccc(C(=O)NCC(F)(F)F)nc1. The van der Waals surface area contributed by atoms with E-state index in [1.54, 1.807) is 17.7 Å². The van der Waals surface area contributed by atoms with Gasteiger partial charge in [0.05, 0.1) is 11.6 Å². The van der Waals surface area contributed by atoms with Gasteiger partial charge in [-0.2, -0.15) is 13.2 Å². The van der Waals surface area contributed by atoms with Gasteiger partial charge in [0.15, 0.2) is 0 Å². The van der Waals surface area contributed by atoms with Gasteiger partial charge < -0.3 is 15.4 Å². The van der Waals surface area contributed by atoms with Gasteiger partial charge >= 0.3 is 6.18 Å². The highest BCUT2D eigenvalue weighted by molar-refractivity contribution is 5.96. The molecule has 2 amide bonds. The molecule has 7 nitrogen and oxygen atoms in total. The molecule has 3 aromatic rings. The minimum atomic E-state index is -4.52. The number of fused-ring (bicyclic) bond motifs is 1. The zero-order valence-corrected chi connectivity index (χ0v) is 17.2. The number of ether oxygens (including phenoxy) is 1. The lowest BCUT2D eigenvalue weighted by Gasteiger charge is -2.28. The summed E-state index contributed by atoms with van der Waals surface area (Å²) in [6.07, 6.45) is 0.589. The summed E-state index contributed by atoms with van der Waals surface area (Å²) in [7, 11) is 0. The Morgan fingerprint density at radius 1 is 1.06 bits per heavy atom. The van der Waals surface area contributed by atoms with Gasteiger partial charge in [-0.3, -0.25) is 19.6 Å². The molecule has 1 aromatic carbocycles. The Morgan fingerprint density at radius 2 is 1.85 bits per heavy atom. The standard InChI is InChI=1S/C23H19F3N4O3/c24-23(25,26)13-29-22(32)19-5-4-15(11-28-19)21(31)30-16-10-18-17(14-6-8-27-9-7-14)2-1-3-20(18)33-12-16/h1-9,11,16H,10,12-13H2,(H,29,32)(H,30,31)/t16-/m0/s1. The van der Waals surface area contributed by atoms with Crippen LogP contribution in [0.2, 0.25) is 0 Å². The Kier molecular flexibility index (Phi) is 6.25. The number of hydrogen-bond donors (Lipinski definition) is 2. The van der Waals surface area contributed by atoms with E-state index in [9.17, 15) is 22.8 Å². The van der Waals surface area contributed by atoms with Crippen LogP contribution in [0, 0.1) is 0 Å². The first-order chi connectivity index (χ1) is 15.8. The van der Waals surface area contributed by atoms with E-state index in [1.807, 2.05) is 30.3 Å². The van der Waals surface area contributed by atoms with Crippen molar-refractivity contribution in [2.45, 2.75) is 18.6 Å². The highest BCUT2D eigenvalue weighted by Crippen LogP contribution is 2.34. The van der Waals surface area contributed by atoms with Crippen molar-refractivity contribution in [1.29, 1.82) is 0 Å². The Hall–Kier alpha value is -3.95. The predicted octanol–water partition coefficient (Wildman–Crippen LogP) is 3.17. The van der Waals surface area contributed by atoms with E-state index >= 15 is 0 Å². The lowest BCUT2D eigenvalue weighted by atomic mass is 9.93. The van der Waals surface area contributed by atoms with Crippen molar-refractivity contribution >= 4 is 11.8 Å². The molecule has 170 valence electrons. The fourth-order valence-electron chi connectivity index (χ4n) is 3.50. The molecule has 0 spiro atoms. The molecule has 0 saturated carbocycles. The van der Waals surface area contributed by atoms with Gasteiger partial charge in [0.1, 0.15) is 24.6 Å². The van der Waals surface area contributed by atoms with Crippen LogP contribution in [0.1, 0.15) is 26.4 Å². The summed E-state index contributed by atoms with van der Waals surface area (Å²) in [4.78, 5) is 32.3. The topological polar surface area (TPSA) is 93.2 Å². The zero-order valence-electron chi connectivity index (χ0n) is 17.2. The number of carbonyl (C=O) groups excluding carboxylic acids is 2. The van der Waals surface area contributed by atoms with E-state index < -0.39 is 24.5 Å². The van der Waals surface area contributed by atoms with Gasteiger partial charge in [-0.05, 0) is 41.5 Å². The number of halogens is 3. The van der Waals surface area contributed by atoms with E-state index in [-0.39, 0.29) is 23.9 Å². The molecule has 0 aliphatic carbocycles. The molecule has 0 fully saturated rings. The molecule has 2 N–H and O–H groups in total. The van der Waals surface area contributed by atoms with Crippen molar-refractivity contribution in [3.63, 3.8) is 0 Å². The number of aromatic nitrogens is 2. The highest BCUT2D eigenvalue weighted by Gasteiger charge is 2.28. The molecule has 4 rings (SSSR count). The van der Waals surface area contributed by atoms with Crippen molar-refractivity contribution in [3.05, 3.63) is 77.9 Å². The van der Waals surface area contributed by atoms with Crippen LogP contribution in [0.4, 0.5) is 13.2 Å². The number of rotatable bonds is 5. The summed E-state index contributed by atoms with van der Waals surface area (Å²) in [5, 5.41) is 4.62. The van der Waals surface area contributed by atoms with Gasteiger partial charge in [-0.1, -0.05) is 12.1 Å². The first-order valence-corrected chi connectivity index (χ1v) is 10.1. The van der Waals surface area contributed by atoms with E-state index in [4.69, 9.17) is 4.74 Å². The predicted molar refractivity (Wildman–Crippen MR) is 113 cm³/mol. The first kappa shape index (κ1) is 22.3. The third-order valence-electron chi connectivity index (χ3n) is 5.06. The number of alkyl halides is 3. The molecule has 0 radical (unpaired) electrons.